The molecule has 0 aromatic heterocycles. The molecule has 0 saturated carbocycles. The number of carbonyl (C=O) groups is 4. The van der Waals surface area contributed by atoms with Crippen LogP contribution in [0.4, 0.5) is 4.79 Å². The van der Waals surface area contributed by atoms with E-state index >= 15 is 0 Å². The second-order valence-corrected chi connectivity index (χ2v) is 7.52. The van der Waals surface area contributed by atoms with Crippen molar-refractivity contribution in [2.24, 2.45) is 0 Å². The molecular weight excluding hydrogens is 376 g/mol. The minimum absolute atomic E-state index is 0.0308. The molecule has 3 rings (SSSR count). The molecule has 29 heavy (non-hydrogen) atoms. The molecule has 1 aromatic carbocycles. The highest BCUT2D eigenvalue weighted by Crippen LogP contribution is 2.31. The molecule has 1 aromatic rings. The SMILES string of the molecule is COc1ccc(C2(C)NC(=O)N(CC(=O)N3CCN(C(C)=O)CC3)C2=O)cc1C. The molecule has 1 N–H and O–H groups in total. The van der Waals surface area contributed by atoms with Crippen LogP contribution in [-0.2, 0) is 19.9 Å². The van der Waals surface area contributed by atoms with Gasteiger partial charge >= 0.3 is 6.03 Å². The lowest BCUT2D eigenvalue weighted by Gasteiger charge is -2.34. The lowest BCUT2D eigenvalue weighted by molar-refractivity contribution is -0.141. The lowest BCUT2D eigenvalue weighted by atomic mass is 9.90. The van der Waals surface area contributed by atoms with E-state index in [9.17, 15) is 19.2 Å². The first-order valence-corrected chi connectivity index (χ1v) is 9.50. The Labute approximate surface area is 169 Å². The van der Waals surface area contributed by atoms with E-state index in [1.807, 2.05) is 6.92 Å². The van der Waals surface area contributed by atoms with Gasteiger partial charge in [0.25, 0.3) is 5.91 Å². The van der Waals surface area contributed by atoms with Crippen molar-refractivity contribution in [1.82, 2.24) is 20.0 Å². The van der Waals surface area contributed by atoms with Crippen LogP contribution in [0.15, 0.2) is 18.2 Å². The summed E-state index contributed by atoms with van der Waals surface area (Å²) < 4.78 is 5.25. The maximum atomic E-state index is 13.1. The van der Waals surface area contributed by atoms with Gasteiger partial charge in [0.1, 0.15) is 17.8 Å². The van der Waals surface area contributed by atoms with E-state index in [2.05, 4.69) is 5.32 Å². The Morgan fingerprint density at radius 3 is 2.31 bits per heavy atom. The van der Waals surface area contributed by atoms with Crippen molar-refractivity contribution in [3.8, 4) is 5.75 Å². The summed E-state index contributed by atoms with van der Waals surface area (Å²) >= 11 is 0. The summed E-state index contributed by atoms with van der Waals surface area (Å²) in [6.45, 7) is 6.32. The largest absolute Gasteiger partial charge is 0.496 e. The fraction of sp³-hybridized carbons (Fsp3) is 0.500. The summed E-state index contributed by atoms with van der Waals surface area (Å²) in [5, 5.41) is 2.71. The van der Waals surface area contributed by atoms with Crippen molar-refractivity contribution in [3.05, 3.63) is 29.3 Å². The fourth-order valence-electron chi connectivity index (χ4n) is 3.73. The number of carbonyl (C=O) groups excluding carboxylic acids is 4. The van der Waals surface area contributed by atoms with Crippen molar-refractivity contribution in [2.75, 3.05) is 39.8 Å². The van der Waals surface area contributed by atoms with Gasteiger partial charge < -0.3 is 19.9 Å². The number of urea groups is 1. The number of imide groups is 1. The molecule has 156 valence electrons. The Morgan fingerprint density at radius 2 is 1.76 bits per heavy atom. The van der Waals surface area contributed by atoms with Crippen LogP contribution in [0.1, 0.15) is 25.0 Å². The van der Waals surface area contributed by atoms with Crippen molar-refractivity contribution >= 4 is 23.8 Å². The van der Waals surface area contributed by atoms with Crippen molar-refractivity contribution in [2.45, 2.75) is 26.3 Å². The number of hydrogen-bond donors (Lipinski definition) is 1. The molecule has 2 heterocycles. The van der Waals surface area contributed by atoms with E-state index in [-0.39, 0.29) is 18.4 Å². The zero-order chi connectivity index (χ0) is 21.3. The quantitative estimate of drug-likeness (QED) is 0.738. The summed E-state index contributed by atoms with van der Waals surface area (Å²) in [6, 6.07) is 4.68. The average Bonchev–Trinajstić information content (AvgIpc) is 2.92. The highest BCUT2D eigenvalue weighted by Gasteiger charge is 2.50. The number of piperazine rings is 1. The number of amides is 5. The molecule has 0 aliphatic carbocycles. The number of hydrogen-bond acceptors (Lipinski definition) is 5. The van der Waals surface area contributed by atoms with Crippen molar-refractivity contribution in [1.29, 1.82) is 0 Å². The molecule has 2 saturated heterocycles. The molecule has 1 unspecified atom stereocenters. The van der Waals surface area contributed by atoms with Gasteiger partial charge in [-0.15, -0.1) is 0 Å². The molecule has 1 atom stereocenters. The van der Waals surface area contributed by atoms with E-state index in [0.29, 0.717) is 37.5 Å². The van der Waals surface area contributed by atoms with Gasteiger partial charge in [-0.2, -0.15) is 0 Å². The standard InChI is InChI=1S/C20H26N4O5/c1-13-11-15(5-6-16(13)29-4)20(3)18(27)24(19(28)21-20)12-17(26)23-9-7-22(8-10-23)14(2)25/h5-6,11H,7-10,12H2,1-4H3,(H,21,28). The van der Waals surface area contributed by atoms with E-state index in [1.54, 1.807) is 42.0 Å². The number of aryl methyl sites for hydroxylation is 1. The van der Waals surface area contributed by atoms with E-state index < -0.39 is 17.5 Å². The number of rotatable bonds is 4. The zero-order valence-electron chi connectivity index (χ0n) is 17.2. The summed E-state index contributed by atoms with van der Waals surface area (Å²) in [7, 11) is 1.57. The first-order valence-electron chi connectivity index (χ1n) is 9.50. The Kier molecular flexibility index (Phi) is 5.50. The van der Waals surface area contributed by atoms with Gasteiger partial charge in [-0.1, -0.05) is 6.07 Å². The van der Waals surface area contributed by atoms with Crippen LogP contribution in [-0.4, -0.2) is 78.3 Å². The fourth-order valence-corrected chi connectivity index (χ4v) is 3.73. The predicted molar refractivity (Wildman–Crippen MR) is 104 cm³/mol. The van der Waals surface area contributed by atoms with Crippen molar-refractivity contribution < 1.29 is 23.9 Å². The molecule has 2 fully saturated rings. The molecule has 0 radical (unpaired) electrons. The zero-order valence-corrected chi connectivity index (χ0v) is 17.2. The van der Waals surface area contributed by atoms with Crippen LogP contribution < -0.4 is 10.1 Å². The lowest BCUT2D eigenvalue weighted by Crippen LogP contribution is -2.53. The minimum Gasteiger partial charge on any atom is -0.496 e. The summed E-state index contributed by atoms with van der Waals surface area (Å²) in [4.78, 5) is 53.8. The third kappa shape index (κ3) is 3.76. The van der Waals surface area contributed by atoms with Crippen LogP contribution in [0.25, 0.3) is 0 Å². The van der Waals surface area contributed by atoms with Crippen LogP contribution in [0.3, 0.4) is 0 Å². The third-order valence-corrected chi connectivity index (χ3v) is 5.62. The number of methoxy groups -OCH3 is 1. The van der Waals surface area contributed by atoms with E-state index in [1.165, 1.54) is 6.92 Å². The second kappa shape index (κ2) is 7.73. The van der Waals surface area contributed by atoms with E-state index in [4.69, 9.17) is 4.74 Å². The molecule has 0 bridgehead atoms. The van der Waals surface area contributed by atoms with Crippen LogP contribution >= 0.6 is 0 Å². The summed E-state index contributed by atoms with van der Waals surface area (Å²) in [5.74, 6) is -0.128. The first kappa shape index (κ1) is 20.6. The Bertz CT molecular complexity index is 862. The minimum atomic E-state index is -1.25. The Hall–Kier alpha value is -3.10. The average molecular weight is 402 g/mol. The topological polar surface area (TPSA) is 99.3 Å². The first-order chi connectivity index (χ1) is 13.7. The van der Waals surface area contributed by atoms with Crippen LogP contribution in [0, 0.1) is 6.92 Å². The van der Waals surface area contributed by atoms with Gasteiger partial charge in [0, 0.05) is 33.1 Å². The number of ether oxygens (including phenoxy) is 1. The normalized spacial score (nSPS) is 22.0. The Morgan fingerprint density at radius 1 is 1.14 bits per heavy atom. The molecule has 0 spiro atoms. The maximum absolute atomic E-state index is 13.1. The Balaban J connectivity index is 1.71. The molecule has 2 aliphatic rings. The van der Waals surface area contributed by atoms with Gasteiger partial charge in [-0.05, 0) is 37.1 Å². The van der Waals surface area contributed by atoms with Crippen molar-refractivity contribution in [3.63, 3.8) is 0 Å². The number of benzene rings is 1. The summed E-state index contributed by atoms with van der Waals surface area (Å²) in [5.41, 5.74) is 0.215. The van der Waals surface area contributed by atoms with E-state index in [0.717, 1.165) is 10.5 Å². The third-order valence-electron chi connectivity index (χ3n) is 5.62. The molecule has 9 heteroatoms. The smallest absolute Gasteiger partial charge is 0.325 e. The monoisotopic (exact) mass is 402 g/mol. The van der Waals surface area contributed by atoms with Crippen LogP contribution in [0.5, 0.6) is 5.75 Å². The number of nitrogens with zero attached hydrogens (tertiary/aromatic N) is 3. The van der Waals surface area contributed by atoms with Gasteiger partial charge in [0.05, 0.1) is 7.11 Å². The number of nitrogens with one attached hydrogen (secondary N) is 1. The maximum Gasteiger partial charge on any atom is 0.325 e. The highest BCUT2D eigenvalue weighted by atomic mass is 16.5. The molecule has 5 amide bonds. The van der Waals surface area contributed by atoms with Gasteiger partial charge in [-0.3, -0.25) is 19.3 Å². The molecule has 9 nitrogen and oxygen atoms in total. The van der Waals surface area contributed by atoms with Gasteiger partial charge in [0.2, 0.25) is 11.8 Å². The molecule has 2 aliphatic heterocycles. The second-order valence-electron chi connectivity index (χ2n) is 7.52. The van der Waals surface area contributed by atoms with Crippen LogP contribution in [0.2, 0.25) is 0 Å². The predicted octanol–water partition coefficient (Wildman–Crippen LogP) is 0.461. The summed E-state index contributed by atoms with van der Waals surface area (Å²) in [6.07, 6.45) is 0. The highest BCUT2D eigenvalue weighted by molar-refractivity contribution is 6.09. The molecular formula is C20H26N4O5. The van der Waals surface area contributed by atoms with Gasteiger partial charge in [-0.25, -0.2) is 4.79 Å². The van der Waals surface area contributed by atoms with Gasteiger partial charge in [0.15, 0.2) is 0 Å².